The summed E-state index contributed by atoms with van der Waals surface area (Å²) in [4.78, 5) is 21.0. The van der Waals surface area contributed by atoms with E-state index in [1.807, 2.05) is 16.8 Å². The van der Waals surface area contributed by atoms with E-state index in [-0.39, 0.29) is 18.0 Å². The molecule has 108 valence electrons. The lowest BCUT2D eigenvalue weighted by Crippen LogP contribution is -1.98. The zero-order valence-electron chi connectivity index (χ0n) is 10.8. The number of nitrogens with zero attached hydrogens (tertiary/aromatic N) is 1. The molecule has 0 radical (unpaired) electrons. The Morgan fingerprint density at radius 1 is 1.43 bits per heavy atom. The molecular weight excluding hydrogens is 294 g/mol. The van der Waals surface area contributed by atoms with Gasteiger partial charge in [-0.15, -0.1) is 0 Å². The molecular formula is C14H11NO5S. The number of aliphatic carboxylic acids is 1. The first-order valence-corrected chi connectivity index (χ1v) is 6.84. The molecule has 21 heavy (non-hydrogen) atoms. The van der Waals surface area contributed by atoms with Crippen LogP contribution in [0.4, 0.5) is 5.69 Å². The second kappa shape index (κ2) is 6.67. The van der Waals surface area contributed by atoms with Crippen molar-refractivity contribution in [1.29, 1.82) is 0 Å². The predicted molar refractivity (Wildman–Crippen MR) is 78.4 cm³/mol. The van der Waals surface area contributed by atoms with Crippen LogP contribution in [0, 0.1) is 10.1 Å². The van der Waals surface area contributed by atoms with Crippen LogP contribution >= 0.6 is 11.3 Å². The van der Waals surface area contributed by atoms with Crippen molar-refractivity contribution in [2.45, 2.75) is 6.61 Å². The summed E-state index contributed by atoms with van der Waals surface area (Å²) in [5.74, 6) is -0.964. The Balaban J connectivity index is 2.20. The van der Waals surface area contributed by atoms with Crippen molar-refractivity contribution in [3.05, 3.63) is 62.3 Å². The summed E-state index contributed by atoms with van der Waals surface area (Å²) < 4.78 is 5.45. The van der Waals surface area contributed by atoms with Crippen LogP contribution in [0.3, 0.4) is 0 Å². The van der Waals surface area contributed by atoms with Gasteiger partial charge in [0.15, 0.2) is 5.75 Å². The minimum absolute atomic E-state index is 0.152. The molecule has 7 heteroatoms. The van der Waals surface area contributed by atoms with Crippen LogP contribution in [-0.4, -0.2) is 16.0 Å². The van der Waals surface area contributed by atoms with Crippen molar-refractivity contribution in [3.63, 3.8) is 0 Å². The highest BCUT2D eigenvalue weighted by molar-refractivity contribution is 7.07. The first-order chi connectivity index (χ1) is 10.1. The van der Waals surface area contributed by atoms with Gasteiger partial charge in [0.2, 0.25) is 0 Å². The second-order valence-corrected chi connectivity index (χ2v) is 4.86. The van der Waals surface area contributed by atoms with Crippen molar-refractivity contribution in [1.82, 2.24) is 0 Å². The normalized spacial score (nSPS) is 10.7. The van der Waals surface area contributed by atoms with E-state index in [2.05, 4.69) is 0 Å². The first kappa shape index (κ1) is 14.7. The number of carbonyl (C=O) groups is 1. The number of benzene rings is 1. The van der Waals surface area contributed by atoms with E-state index in [0.717, 1.165) is 11.6 Å². The third kappa shape index (κ3) is 4.15. The van der Waals surface area contributed by atoms with Crippen LogP contribution in [0.2, 0.25) is 0 Å². The van der Waals surface area contributed by atoms with Crippen LogP contribution < -0.4 is 4.74 Å². The van der Waals surface area contributed by atoms with Gasteiger partial charge >= 0.3 is 11.7 Å². The number of rotatable bonds is 6. The fraction of sp³-hybridized carbons (Fsp3) is 0.0714. The minimum Gasteiger partial charge on any atom is -0.482 e. The van der Waals surface area contributed by atoms with Crippen molar-refractivity contribution in [2.24, 2.45) is 0 Å². The Morgan fingerprint density at radius 3 is 2.86 bits per heavy atom. The fourth-order valence-corrected chi connectivity index (χ4v) is 2.26. The number of hydrogen-bond donors (Lipinski definition) is 1. The first-order valence-electron chi connectivity index (χ1n) is 5.89. The molecule has 0 amide bonds. The molecule has 2 rings (SSSR count). The predicted octanol–water partition coefficient (Wildman–Crippen LogP) is 3.33. The number of nitro benzene ring substituents is 1. The summed E-state index contributed by atoms with van der Waals surface area (Å²) in [6.07, 6.45) is 2.21. The van der Waals surface area contributed by atoms with Crippen LogP contribution in [0.5, 0.6) is 5.75 Å². The monoisotopic (exact) mass is 305 g/mol. The van der Waals surface area contributed by atoms with E-state index >= 15 is 0 Å². The Morgan fingerprint density at radius 2 is 2.24 bits per heavy atom. The van der Waals surface area contributed by atoms with Crippen molar-refractivity contribution >= 4 is 29.1 Å². The molecule has 0 unspecified atom stereocenters. The molecule has 0 aliphatic carbocycles. The maximum Gasteiger partial charge on any atom is 0.328 e. The van der Waals surface area contributed by atoms with E-state index in [1.165, 1.54) is 29.5 Å². The Labute approximate surface area is 124 Å². The maximum atomic E-state index is 11.1. The highest BCUT2D eigenvalue weighted by Gasteiger charge is 2.15. The van der Waals surface area contributed by atoms with Crippen molar-refractivity contribution < 1.29 is 19.6 Å². The highest BCUT2D eigenvalue weighted by Crippen LogP contribution is 2.29. The van der Waals surface area contributed by atoms with Gasteiger partial charge in [-0.05, 0) is 40.1 Å². The molecule has 1 aromatic heterocycles. The zero-order chi connectivity index (χ0) is 15.2. The van der Waals surface area contributed by atoms with Gasteiger partial charge in [0.1, 0.15) is 6.61 Å². The van der Waals surface area contributed by atoms with E-state index in [1.54, 1.807) is 6.07 Å². The topological polar surface area (TPSA) is 89.7 Å². The van der Waals surface area contributed by atoms with Gasteiger partial charge in [0.25, 0.3) is 0 Å². The smallest absolute Gasteiger partial charge is 0.328 e. The van der Waals surface area contributed by atoms with E-state index in [4.69, 9.17) is 9.84 Å². The van der Waals surface area contributed by atoms with Gasteiger partial charge in [-0.2, -0.15) is 11.3 Å². The molecule has 0 aliphatic rings. The van der Waals surface area contributed by atoms with E-state index in [0.29, 0.717) is 5.56 Å². The molecule has 0 saturated carbocycles. The summed E-state index contributed by atoms with van der Waals surface area (Å²) in [6.45, 7) is 0.245. The summed E-state index contributed by atoms with van der Waals surface area (Å²) in [7, 11) is 0. The van der Waals surface area contributed by atoms with Gasteiger partial charge in [-0.25, -0.2) is 4.79 Å². The molecule has 1 aromatic carbocycles. The number of carboxylic acids is 1. The summed E-state index contributed by atoms with van der Waals surface area (Å²) in [5.41, 5.74) is 1.16. The highest BCUT2D eigenvalue weighted by atomic mass is 32.1. The van der Waals surface area contributed by atoms with Gasteiger partial charge in [0, 0.05) is 12.1 Å². The average molecular weight is 305 g/mol. The Hall–Kier alpha value is -2.67. The molecule has 6 nitrogen and oxygen atoms in total. The number of carboxylic acid groups (broad SMARTS) is 1. The summed E-state index contributed by atoms with van der Waals surface area (Å²) in [6, 6.07) is 6.18. The summed E-state index contributed by atoms with van der Waals surface area (Å²) >= 11 is 1.52. The lowest BCUT2D eigenvalue weighted by molar-refractivity contribution is -0.386. The largest absolute Gasteiger partial charge is 0.482 e. The molecule has 2 aromatic rings. The second-order valence-electron chi connectivity index (χ2n) is 4.08. The van der Waals surface area contributed by atoms with E-state index < -0.39 is 10.9 Å². The lowest BCUT2D eigenvalue weighted by Gasteiger charge is -2.06. The van der Waals surface area contributed by atoms with Gasteiger partial charge in [-0.1, -0.05) is 6.07 Å². The third-order valence-electron chi connectivity index (χ3n) is 2.57. The quantitative estimate of drug-likeness (QED) is 0.502. The molecule has 0 bridgehead atoms. The maximum absolute atomic E-state index is 11.1. The Kier molecular flexibility index (Phi) is 4.68. The fourth-order valence-electron chi connectivity index (χ4n) is 1.61. The molecule has 1 heterocycles. The van der Waals surface area contributed by atoms with Gasteiger partial charge < -0.3 is 9.84 Å². The number of thiophene rings is 1. The SMILES string of the molecule is O=C(O)/C=C/c1ccc(OCc2ccsc2)c([N+](=O)[O-])c1. The Bertz CT molecular complexity index is 679. The molecule has 0 atom stereocenters. The van der Waals surface area contributed by atoms with E-state index in [9.17, 15) is 14.9 Å². The average Bonchev–Trinajstić information content (AvgIpc) is 2.96. The van der Waals surface area contributed by atoms with Crippen LogP contribution in [-0.2, 0) is 11.4 Å². The van der Waals surface area contributed by atoms with Gasteiger partial charge in [0.05, 0.1) is 4.92 Å². The number of nitro groups is 1. The number of ether oxygens (including phenoxy) is 1. The van der Waals surface area contributed by atoms with Crippen LogP contribution in [0.1, 0.15) is 11.1 Å². The van der Waals surface area contributed by atoms with Crippen LogP contribution in [0.25, 0.3) is 6.08 Å². The molecule has 0 spiro atoms. The molecule has 0 saturated heterocycles. The molecule has 1 N–H and O–H groups in total. The summed E-state index contributed by atoms with van der Waals surface area (Å²) in [5, 5.41) is 23.4. The third-order valence-corrected chi connectivity index (χ3v) is 3.30. The standard InChI is InChI=1S/C14H11NO5S/c16-14(17)4-2-10-1-3-13(12(7-10)15(18)19)20-8-11-5-6-21-9-11/h1-7,9H,8H2,(H,16,17)/b4-2+. The minimum atomic E-state index is -1.12. The van der Waals surface area contributed by atoms with Crippen molar-refractivity contribution in [2.75, 3.05) is 0 Å². The number of hydrogen-bond acceptors (Lipinski definition) is 5. The zero-order valence-corrected chi connectivity index (χ0v) is 11.6. The molecule has 0 aliphatic heterocycles. The van der Waals surface area contributed by atoms with Crippen molar-refractivity contribution in [3.8, 4) is 5.75 Å². The molecule has 0 fully saturated rings. The van der Waals surface area contributed by atoms with Gasteiger partial charge in [-0.3, -0.25) is 10.1 Å². The lowest BCUT2D eigenvalue weighted by atomic mass is 10.1. The van der Waals surface area contributed by atoms with Crippen LogP contribution in [0.15, 0.2) is 41.1 Å².